The topological polar surface area (TPSA) is 43.1 Å². The quantitative estimate of drug-likeness (QED) is 0.849. The molecule has 15 heavy (non-hydrogen) atoms. The van der Waals surface area contributed by atoms with E-state index in [1.807, 2.05) is 18.4 Å². The summed E-state index contributed by atoms with van der Waals surface area (Å²) in [5.41, 5.74) is 5.69. The van der Waals surface area contributed by atoms with Crippen molar-refractivity contribution in [3.05, 3.63) is 20.8 Å². The fraction of sp³-hybridized carbons (Fsp3) is 0.545. The molecule has 1 heterocycles. The fourth-order valence-electron chi connectivity index (χ4n) is 2.19. The Kier molecular flexibility index (Phi) is 3.01. The van der Waals surface area contributed by atoms with Crippen molar-refractivity contribution in [3.8, 4) is 0 Å². The lowest BCUT2D eigenvalue weighted by atomic mass is 9.80. The first-order chi connectivity index (χ1) is 7.05. The van der Waals surface area contributed by atoms with Gasteiger partial charge in [-0.15, -0.1) is 11.3 Å². The Morgan fingerprint density at radius 2 is 2.47 bits per heavy atom. The minimum Gasteiger partial charge on any atom is -0.327 e. The standard InChI is InChI=1S/C11H14BrNOS/c1-11(5-2-3-8(11)13)10(14)9-7(12)4-6-15-9/h4,6,8H,2-3,5,13H2,1H3. The number of hydrogen-bond acceptors (Lipinski definition) is 3. The Labute approximate surface area is 102 Å². The van der Waals surface area contributed by atoms with E-state index in [2.05, 4.69) is 15.9 Å². The summed E-state index contributed by atoms with van der Waals surface area (Å²) in [6.07, 6.45) is 2.94. The highest BCUT2D eigenvalue weighted by atomic mass is 79.9. The molecule has 1 saturated carbocycles. The van der Waals surface area contributed by atoms with Gasteiger partial charge in [0.2, 0.25) is 0 Å². The normalized spacial score (nSPS) is 30.7. The molecule has 1 aliphatic carbocycles. The highest BCUT2D eigenvalue weighted by Gasteiger charge is 2.44. The van der Waals surface area contributed by atoms with Crippen molar-refractivity contribution in [2.24, 2.45) is 11.1 Å². The Morgan fingerprint density at radius 3 is 2.93 bits per heavy atom. The van der Waals surface area contributed by atoms with Crippen LogP contribution in [0.5, 0.6) is 0 Å². The molecule has 0 amide bonds. The van der Waals surface area contributed by atoms with Gasteiger partial charge in [0.25, 0.3) is 0 Å². The van der Waals surface area contributed by atoms with Crippen LogP contribution in [0.15, 0.2) is 15.9 Å². The second-order valence-electron chi connectivity index (χ2n) is 4.34. The monoisotopic (exact) mass is 287 g/mol. The molecular weight excluding hydrogens is 274 g/mol. The average molecular weight is 288 g/mol. The maximum atomic E-state index is 12.4. The van der Waals surface area contributed by atoms with Crippen molar-refractivity contribution in [1.82, 2.24) is 0 Å². The van der Waals surface area contributed by atoms with Gasteiger partial charge in [0, 0.05) is 15.9 Å². The highest BCUT2D eigenvalue weighted by molar-refractivity contribution is 9.10. The number of nitrogens with two attached hydrogens (primary N) is 1. The zero-order valence-electron chi connectivity index (χ0n) is 8.63. The van der Waals surface area contributed by atoms with Crippen molar-refractivity contribution in [3.63, 3.8) is 0 Å². The third kappa shape index (κ3) is 1.79. The van der Waals surface area contributed by atoms with Crippen molar-refractivity contribution in [2.75, 3.05) is 0 Å². The first-order valence-corrected chi connectivity index (χ1v) is 6.76. The van der Waals surface area contributed by atoms with E-state index < -0.39 is 0 Å². The van der Waals surface area contributed by atoms with Gasteiger partial charge in [0.1, 0.15) is 0 Å². The number of ketones is 1. The molecule has 1 aromatic rings. The molecule has 0 spiro atoms. The minimum absolute atomic E-state index is 0.0130. The summed E-state index contributed by atoms with van der Waals surface area (Å²) < 4.78 is 0.901. The van der Waals surface area contributed by atoms with Crippen LogP contribution < -0.4 is 5.73 Å². The number of Topliss-reactive ketones (excluding diaryl/α,β-unsaturated/α-hetero) is 1. The molecule has 2 nitrogen and oxygen atoms in total. The van der Waals surface area contributed by atoms with Gasteiger partial charge in [-0.25, -0.2) is 0 Å². The van der Waals surface area contributed by atoms with Crippen LogP contribution in [0.2, 0.25) is 0 Å². The first-order valence-electron chi connectivity index (χ1n) is 5.09. The smallest absolute Gasteiger partial charge is 0.181 e. The van der Waals surface area contributed by atoms with Crippen LogP contribution in [0.1, 0.15) is 35.9 Å². The summed E-state index contributed by atoms with van der Waals surface area (Å²) in [7, 11) is 0. The minimum atomic E-state index is -0.354. The Morgan fingerprint density at radius 1 is 1.73 bits per heavy atom. The number of rotatable bonds is 2. The zero-order valence-corrected chi connectivity index (χ0v) is 11.0. The first kappa shape index (κ1) is 11.3. The number of carbonyl (C=O) groups is 1. The van der Waals surface area contributed by atoms with Crippen molar-refractivity contribution < 1.29 is 4.79 Å². The van der Waals surface area contributed by atoms with E-state index in [0.29, 0.717) is 0 Å². The lowest BCUT2D eigenvalue weighted by Crippen LogP contribution is -2.40. The molecule has 0 aromatic carbocycles. The van der Waals surface area contributed by atoms with Crippen LogP contribution in [-0.2, 0) is 0 Å². The van der Waals surface area contributed by atoms with Crippen LogP contribution in [-0.4, -0.2) is 11.8 Å². The predicted octanol–water partition coefficient (Wildman–Crippen LogP) is 3.21. The van der Waals surface area contributed by atoms with Crippen LogP contribution in [0, 0.1) is 5.41 Å². The predicted molar refractivity (Wildman–Crippen MR) is 66.3 cm³/mol. The van der Waals surface area contributed by atoms with E-state index in [0.717, 1.165) is 28.6 Å². The number of thiophene rings is 1. The van der Waals surface area contributed by atoms with Gasteiger partial charge in [0.05, 0.1) is 4.88 Å². The molecule has 2 unspecified atom stereocenters. The summed E-state index contributed by atoms with van der Waals surface area (Å²) in [5.74, 6) is 0.203. The third-order valence-electron chi connectivity index (χ3n) is 3.37. The van der Waals surface area contributed by atoms with E-state index in [-0.39, 0.29) is 17.2 Å². The SMILES string of the molecule is CC1(C(=O)c2sccc2Br)CCCC1N. The van der Waals surface area contributed by atoms with Crippen LogP contribution in [0.3, 0.4) is 0 Å². The number of carbonyl (C=O) groups excluding carboxylic acids is 1. The van der Waals surface area contributed by atoms with E-state index in [4.69, 9.17) is 5.73 Å². The van der Waals surface area contributed by atoms with Gasteiger partial charge in [-0.05, 0) is 40.2 Å². The van der Waals surface area contributed by atoms with Gasteiger partial charge in [-0.2, -0.15) is 0 Å². The van der Waals surface area contributed by atoms with Crippen molar-refractivity contribution in [1.29, 1.82) is 0 Å². The lowest BCUT2D eigenvalue weighted by Gasteiger charge is -2.26. The molecule has 1 fully saturated rings. The van der Waals surface area contributed by atoms with Gasteiger partial charge < -0.3 is 5.73 Å². The summed E-state index contributed by atoms with van der Waals surface area (Å²) in [4.78, 5) is 13.2. The molecule has 82 valence electrons. The van der Waals surface area contributed by atoms with E-state index in [1.165, 1.54) is 11.3 Å². The largest absolute Gasteiger partial charge is 0.327 e. The van der Waals surface area contributed by atoms with Crippen LogP contribution >= 0.6 is 27.3 Å². The molecule has 2 atom stereocenters. The molecule has 0 saturated heterocycles. The average Bonchev–Trinajstić information content (AvgIpc) is 2.75. The fourth-order valence-corrected chi connectivity index (χ4v) is 3.82. The Bertz CT molecular complexity index is 390. The van der Waals surface area contributed by atoms with E-state index in [1.54, 1.807) is 0 Å². The maximum Gasteiger partial charge on any atom is 0.181 e. The zero-order chi connectivity index (χ0) is 11.1. The van der Waals surface area contributed by atoms with E-state index >= 15 is 0 Å². The highest BCUT2D eigenvalue weighted by Crippen LogP contribution is 2.41. The number of halogens is 1. The van der Waals surface area contributed by atoms with Gasteiger partial charge >= 0.3 is 0 Å². The second-order valence-corrected chi connectivity index (χ2v) is 6.11. The second kappa shape index (κ2) is 4.00. The molecule has 1 aliphatic rings. The Hall–Kier alpha value is -0.190. The van der Waals surface area contributed by atoms with Crippen LogP contribution in [0.4, 0.5) is 0 Å². The summed E-state index contributed by atoms with van der Waals surface area (Å²) >= 11 is 4.90. The third-order valence-corrected chi connectivity index (χ3v) is 5.21. The van der Waals surface area contributed by atoms with Crippen molar-refractivity contribution >= 4 is 33.0 Å². The number of hydrogen-bond donors (Lipinski definition) is 1. The lowest BCUT2D eigenvalue weighted by molar-refractivity contribution is 0.0806. The molecule has 0 radical (unpaired) electrons. The molecule has 0 bridgehead atoms. The van der Waals surface area contributed by atoms with Crippen molar-refractivity contribution in [2.45, 2.75) is 32.2 Å². The summed E-state index contributed by atoms with van der Waals surface area (Å²) in [6.45, 7) is 2.00. The molecule has 2 N–H and O–H groups in total. The van der Waals surface area contributed by atoms with Crippen LogP contribution in [0.25, 0.3) is 0 Å². The molecule has 1 aromatic heterocycles. The molecule has 0 aliphatic heterocycles. The molecule has 2 rings (SSSR count). The molecular formula is C11H14BrNOS. The summed E-state index contributed by atoms with van der Waals surface area (Å²) in [6, 6.07) is 1.93. The molecule has 4 heteroatoms. The van der Waals surface area contributed by atoms with E-state index in [9.17, 15) is 4.79 Å². The van der Waals surface area contributed by atoms with Gasteiger partial charge in [0.15, 0.2) is 5.78 Å². The van der Waals surface area contributed by atoms with Gasteiger partial charge in [-0.3, -0.25) is 4.79 Å². The Balaban J connectivity index is 2.32. The van der Waals surface area contributed by atoms with Gasteiger partial charge in [-0.1, -0.05) is 13.3 Å². The summed E-state index contributed by atoms with van der Waals surface area (Å²) in [5, 5.41) is 1.93. The maximum absolute atomic E-state index is 12.4.